The van der Waals surface area contributed by atoms with Crippen LogP contribution in [0.3, 0.4) is 0 Å². The van der Waals surface area contributed by atoms with Gasteiger partial charge in [-0.15, -0.1) is 0 Å². The fraction of sp³-hybridized carbons (Fsp3) is 0.200. The number of nitrogens with zero attached hydrogens (tertiary/aromatic N) is 3. The van der Waals surface area contributed by atoms with E-state index >= 15 is 0 Å². The number of hydrogen-bond acceptors (Lipinski definition) is 4. The second-order valence-corrected chi connectivity index (χ2v) is 8.22. The van der Waals surface area contributed by atoms with E-state index in [1.54, 1.807) is 12.1 Å². The van der Waals surface area contributed by atoms with Crippen LogP contribution in [0.15, 0.2) is 59.7 Å². The average Bonchev–Trinajstić information content (AvgIpc) is 3.63. The molecule has 1 aliphatic carbocycles. The maximum Gasteiger partial charge on any atom is 0.256 e. The van der Waals surface area contributed by atoms with Crippen molar-refractivity contribution >= 4 is 16.9 Å². The molecule has 1 amide bonds. The first-order valence-electron chi connectivity index (χ1n) is 10.6. The molecule has 5 rings (SSSR count). The van der Waals surface area contributed by atoms with Gasteiger partial charge in [0.1, 0.15) is 23.6 Å². The van der Waals surface area contributed by atoms with Gasteiger partial charge in [0.15, 0.2) is 5.65 Å². The van der Waals surface area contributed by atoms with Crippen LogP contribution in [0.25, 0.3) is 28.0 Å². The zero-order valence-electron chi connectivity index (χ0n) is 17.8. The summed E-state index contributed by atoms with van der Waals surface area (Å²) in [6.07, 6.45) is 3.51. The number of carbonyl (C=O) groups is 1. The fourth-order valence-electron chi connectivity index (χ4n) is 3.86. The van der Waals surface area contributed by atoms with E-state index in [2.05, 4.69) is 15.3 Å². The van der Waals surface area contributed by atoms with Crippen molar-refractivity contribution in [3.63, 3.8) is 0 Å². The van der Waals surface area contributed by atoms with E-state index < -0.39 is 22.9 Å². The number of aromatic nitrogens is 3. The lowest BCUT2D eigenvalue weighted by atomic mass is 9.99. The molecule has 0 bridgehead atoms. The number of fused-ring (bicyclic) bond motifs is 1. The van der Waals surface area contributed by atoms with Gasteiger partial charge in [0, 0.05) is 29.1 Å². The molecule has 0 saturated heterocycles. The molecule has 4 aromatic rings. The Hall–Kier alpha value is -3.94. The van der Waals surface area contributed by atoms with Crippen molar-refractivity contribution in [2.45, 2.75) is 19.8 Å². The molecule has 0 unspecified atom stereocenters. The number of aryl methyl sites for hydroxylation is 1. The minimum atomic E-state index is -0.879. The second kappa shape index (κ2) is 8.20. The lowest BCUT2D eigenvalue weighted by molar-refractivity contribution is 0.0952. The van der Waals surface area contributed by atoms with Crippen molar-refractivity contribution in [3.8, 4) is 16.9 Å². The SMILES string of the molecule is Cc1ccc(C(=O)NCC2CC2)cc1-c1ncnc2c1ccc(=O)n2-c1c(F)cccc1F. The van der Waals surface area contributed by atoms with Crippen molar-refractivity contribution in [1.29, 1.82) is 0 Å². The Labute approximate surface area is 187 Å². The Morgan fingerprint density at radius 3 is 2.58 bits per heavy atom. The van der Waals surface area contributed by atoms with Gasteiger partial charge in [0.2, 0.25) is 0 Å². The first-order valence-corrected chi connectivity index (χ1v) is 10.6. The number of amides is 1. The number of halogens is 2. The summed E-state index contributed by atoms with van der Waals surface area (Å²) < 4.78 is 29.9. The predicted molar refractivity (Wildman–Crippen MR) is 120 cm³/mol. The monoisotopic (exact) mass is 446 g/mol. The van der Waals surface area contributed by atoms with Crippen LogP contribution in [-0.4, -0.2) is 27.0 Å². The molecular weight excluding hydrogens is 426 g/mol. The predicted octanol–water partition coefficient (Wildman–Crippen LogP) is 4.17. The van der Waals surface area contributed by atoms with Gasteiger partial charge in [-0.1, -0.05) is 12.1 Å². The summed E-state index contributed by atoms with van der Waals surface area (Å²) in [5.41, 5.74) is 1.41. The van der Waals surface area contributed by atoms with Crippen LogP contribution in [0.2, 0.25) is 0 Å². The van der Waals surface area contributed by atoms with Crippen LogP contribution in [0, 0.1) is 24.5 Å². The van der Waals surface area contributed by atoms with Gasteiger partial charge in [-0.2, -0.15) is 0 Å². The summed E-state index contributed by atoms with van der Waals surface area (Å²) in [7, 11) is 0. The third-order valence-corrected chi connectivity index (χ3v) is 5.85. The molecule has 0 spiro atoms. The van der Waals surface area contributed by atoms with Crippen molar-refractivity contribution < 1.29 is 13.6 Å². The third-order valence-electron chi connectivity index (χ3n) is 5.85. The van der Waals surface area contributed by atoms with Gasteiger partial charge >= 0.3 is 0 Å². The van der Waals surface area contributed by atoms with Crippen LogP contribution < -0.4 is 10.9 Å². The number of rotatable bonds is 5. The summed E-state index contributed by atoms with van der Waals surface area (Å²) >= 11 is 0. The lowest BCUT2D eigenvalue weighted by Crippen LogP contribution is -2.25. The van der Waals surface area contributed by atoms with E-state index in [1.807, 2.05) is 13.0 Å². The summed E-state index contributed by atoms with van der Waals surface area (Å²) in [6, 6.07) is 11.5. The minimum Gasteiger partial charge on any atom is -0.352 e. The molecule has 166 valence electrons. The number of pyridine rings is 1. The van der Waals surface area contributed by atoms with Gasteiger partial charge in [-0.25, -0.2) is 18.7 Å². The van der Waals surface area contributed by atoms with Gasteiger partial charge in [-0.05, 0) is 61.6 Å². The molecule has 6 nitrogen and oxygen atoms in total. The zero-order chi connectivity index (χ0) is 23.1. The molecule has 1 aliphatic rings. The summed E-state index contributed by atoms with van der Waals surface area (Å²) in [6.45, 7) is 2.53. The zero-order valence-corrected chi connectivity index (χ0v) is 17.8. The van der Waals surface area contributed by atoms with Crippen molar-refractivity contribution in [2.75, 3.05) is 6.54 Å². The van der Waals surface area contributed by atoms with E-state index in [-0.39, 0.29) is 11.6 Å². The van der Waals surface area contributed by atoms with Crippen molar-refractivity contribution in [2.24, 2.45) is 5.92 Å². The molecule has 0 atom stereocenters. The first-order chi connectivity index (χ1) is 15.9. The molecule has 1 fully saturated rings. The largest absolute Gasteiger partial charge is 0.352 e. The van der Waals surface area contributed by atoms with Crippen LogP contribution in [0.5, 0.6) is 0 Å². The average molecular weight is 446 g/mol. The van der Waals surface area contributed by atoms with Crippen LogP contribution in [0.4, 0.5) is 8.78 Å². The smallest absolute Gasteiger partial charge is 0.256 e. The number of hydrogen-bond donors (Lipinski definition) is 1. The quantitative estimate of drug-likeness (QED) is 0.499. The number of nitrogens with one attached hydrogen (secondary N) is 1. The minimum absolute atomic E-state index is 0.0690. The molecule has 1 N–H and O–H groups in total. The molecule has 33 heavy (non-hydrogen) atoms. The van der Waals surface area contributed by atoms with Gasteiger partial charge < -0.3 is 5.32 Å². The van der Waals surface area contributed by atoms with Gasteiger partial charge in [-0.3, -0.25) is 14.2 Å². The Bertz CT molecular complexity index is 1440. The molecular formula is C25H20F2N4O2. The van der Waals surface area contributed by atoms with E-state index in [0.29, 0.717) is 34.7 Å². The third kappa shape index (κ3) is 3.88. The van der Waals surface area contributed by atoms with Gasteiger partial charge in [0.05, 0.1) is 5.69 Å². The first kappa shape index (κ1) is 20.9. The van der Waals surface area contributed by atoms with E-state index in [0.717, 1.165) is 35.1 Å². The highest BCUT2D eigenvalue weighted by atomic mass is 19.1. The van der Waals surface area contributed by atoms with E-state index in [9.17, 15) is 18.4 Å². The summed E-state index contributed by atoms with van der Waals surface area (Å²) in [5.74, 6) is -1.38. The Morgan fingerprint density at radius 2 is 1.85 bits per heavy atom. The van der Waals surface area contributed by atoms with Crippen molar-refractivity contribution in [3.05, 3.63) is 88.0 Å². The van der Waals surface area contributed by atoms with Crippen molar-refractivity contribution in [1.82, 2.24) is 19.9 Å². The number of benzene rings is 2. The van der Waals surface area contributed by atoms with E-state index in [4.69, 9.17) is 0 Å². The van der Waals surface area contributed by atoms with E-state index in [1.165, 1.54) is 24.5 Å². The molecule has 2 heterocycles. The summed E-state index contributed by atoms with van der Waals surface area (Å²) in [4.78, 5) is 33.8. The molecule has 8 heteroatoms. The Balaban J connectivity index is 1.67. The van der Waals surface area contributed by atoms with Crippen LogP contribution >= 0.6 is 0 Å². The maximum atomic E-state index is 14.5. The van der Waals surface area contributed by atoms with Crippen LogP contribution in [0.1, 0.15) is 28.8 Å². The number of para-hydroxylation sites is 1. The highest BCUT2D eigenvalue weighted by Crippen LogP contribution is 2.30. The molecule has 2 aromatic heterocycles. The molecule has 0 radical (unpaired) electrons. The Morgan fingerprint density at radius 1 is 1.09 bits per heavy atom. The second-order valence-electron chi connectivity index (χ2n) is 8.22. The molecule has 2 aromatic carbocycles. The molecule has 0 aliphatic heterocycles. The van der Waals surface area contributed by atoms with Gasteiger partial charge in [0.25, 0.3) is 11.5 Å². The van der Waals surface area contributed by atoms with Crippen LogP contribution in [-0.2, 0) is 0 Å². The normalized spacial score (nSPS) is 13.3. The maximum absolute atomic E-state index is 14.5. The standard InChI is InChI=1S/C25H20F2N4O2/c1-14-5-8-16(25(33)28-12-15-6-7-15)11-18(14)22-17-9-10-21(32)31(24(17)30-13-29-22)23-19(26)3-2-4-20(23)27/h2-5,8-11,13,15H,6-7,12H2,1H3,(H,28,33). The topological polar surface area (TPSA) is 76.9 Å². The molecule has 1 saturated carbocycles. The fourth-order valence-corrected chi connectivity index (χ4v) is 3.86. The highest BCUT2D eigenvalue weighted by molar-refractivity contribution is 5.98. The Kier molecular flexibility index (Phi) is 5.20. The number of carbonyl (C=O) groups excluding carboxylic acids is 1. The summed E-state index contributed by atoms with van der Waals surface area (Å²) in [5, 5.41) is 3.38. The highest BCUT2D eigenvalue weighted by Gasteiger charge is 2.23. The lowest BCUT2D eigenvalue weighted by Gasteiger charge is -2.14.